The highest BCUT2D eigenvalue weighted by Gasteiger charge is 2.48. The standard InChI is InChI=1S/C18H26BrNO/c1-3-10-20-16-12-18(9-5-6-13(18)4-2)21-17-11-14(19)7-8-15(16)17/h7-8,11,13,16,20H,3-6,9-10,12H2,1-2H3. The Morgan fingerprint density at radius 1 is 1.38 bits per heavy atom. The third kappa shape index (κ3) is 2.87. The fraction of sp³-hybridized carbons (Fsp3) is 0.667. The molecule has 1 spiro atoms. The van der Waals surface area contributed by atoms with Crippen LogP contribution in [0.15, 0.2) is 22.7 Å². The molecule has 1 N–H and O–H groups in total. The van der Waals surface area contributed by atoms with Crippen LogP contribution in [-0.2, 0) is 0 Å². The van der Waals surface area contributed by atoms with E-state index in [-0.39, 0.29) is 5.60 Å². The normalized spacial score (nSPS) is 31.2. The lowest BCUT2D eigenvalue weighted by Crippen LogP contribution is -2.46. The Bertz CT molecular complexity index is 504. The highest BCUT2D eigenvalue weighted by atomic mass is 79.9. The van der Waals surface area contributed by atoms with Crippen LogP contribution in [0.1, 0.15) is 64.0 Å². The summed E-state index contributed by atoms with van der Waals surface area (Å²) in [6.45, 7) is 5.62. The van der Waals surface area contributed by atoms with Gasteiger partial charge in [-0.25, -0.2) is 0 Å². The molecule has 3 atom stereocenters. The average molecular weight is 352 g/mol. The summed E-state index contributed by atoms with van der Waals surface area (Å²) in [7, 11) is 0. The summed E-state index contributed by atoms with van der Waals surface area (Å²) in [5.41, 5.74) is 1.40. The van der Waals surface area contributed by atoms with Gasteiger partial charge in [0.15, 0.2) is 0 Å². The van der Waals surface area contributed by atoms with Gasteiger partial charge in [0.1, 0.15) is 11.4 Å². The van der Waals surface area contributed by atoms with Crippen molar-refractivity contribution >= 4 is 15.9 Å². The summed E-state index contributed by atoms with van der Waals surface area (Å²) in [6.07, 6.45) is 7.36. The van der Waals surface area contributed by atoms with Gasteiger partial charge in [-0.15, -0.1) is 0 Å². The second-order valence-corrected chi connectivity index (χ2v) is 7.47. The van der Waals surface area contributed by atoms with Crippen molar-refractivity contribution in [1.82, 2.24) is 5.32 Å². The molecular weight excluding hydrogens is 326 g/mol. The lowest BCUT2D eigenvalue weighted by molar-refractivity contribution is -0.00559. The van der Waals surface area contributed by atoms with Gasteiger partial charge in [-0.05, 0) is 56.7 Å². The van der Waals surface area contributed by atoms with Gasteiger partial charge >= 0.3 is 0 Å². The molecule has 2 nitrogen and oxygen atoms in total. The molecule has 1 saturated carbocycles. The van der Waals surface area contributed by atoms with Crippen molar-refractivity contribution in [3.05, 3.63) is 28.2 Å². The number of hydrogen-bond donors (Lipinski definition) is 1. The molecular formula is C18H26BrNO. The van der Waals surface area contributed by atoms with E-state index in [1.54, 1.807) is 0 Å². The number of rotatable bonds is 4. The Labute approximate surface area is 136 Å². The molecule has 2 aliphatic rings. The molecule has 21 heavy (non-hydrogen) atoms. The first kappa shape index (κ1) is 15.4. The van der Waals surface area contributed by atoms with E-state index in [2.05, 4.69) is 53.3 Å². The summed E-state index contributed by atoms with van der Waals surface area (Å²) in [5, 5.41) is 3.75. The third-order valence-electron chi connectivity index (χ3n) is 5.24. The predicted octanol–water partition coefficient (Wildman–Crippen LogP) is 5.22. The maximum atomic E-state index is 6.60. The van der Waals surface area contributed by atoms with E-state index in [1.807, 2.05) is 0 Å². The Morgan fingerprint density at radius 2 is 2.24 bits per heavy atom. The van der Waals surface area contributed by atoms with E-state index in [4.69, 9.17) is 4.74 Å². The zero-order valence-electron chi connectivity index (χ0n) is 13.1. The molecule has 1 fully saturated rings. The molecule has 116 valence electrons. The second-order valence-electron chi connectivity index (χ2n) is 6.56. The van der Waals surface area contributed by atoms with Gasteiger partial charge in [0.2, 0.25) is 0 Å². The number of nitrogens with one attached hydrogen (secondary N) is 1. The van der Waals surface area contributed by atoms with Crippen LogP contribution in [0.25, 0.3) is 0 Å². The molecule has 0 radical (unpaired) electrons. The fourth-order valence-electron chi connectivity index (χ4n) is 4.20. The molecule has 0 bridgehead atoms. The van der Waals surface area contributed by atoms with E-state index >= 15 is 0 Å². The highest BCUT2D eigenvalue weighted by Crippen LogP contribution is 2.51. The molecule has 1 aromatic rings. The smallest absolute Gasteiger partial charge is 0.126 e. The zero-order valence-corrected chi connectivity index (χ0v) is 14.7. The van der Waals surface area contributed by atoms with E-state index in [0.717, 1.165) is 23.2 Å². The van der Waals surface area contributed by atoms with Crippen LogP contribution in [0.4, 0.5) is 0 Å². The summed E-state index contributed by atoms with van der Waals surface area (Å²) in [5.74, 6) is 1.79. The first-order valence-electron chi connectivity index (χ1n) is 8.40. The van der Waals surface area contributed by atoms with Crippen LogP contribution in [0.5, 0.6) is 5.75 Å². The highest BCUT2D eigenvalue weighted by molar-refractivity contribution is 9.10. The molecule has 1 heterocycles. The van der Waals surface area contributed by atoms with Crippen LogP contribution in [0.3, 0.4) is 0 Å². The number of halogens is 1. The van der Waals surface area contributed by atoms with Crippen LogP contribution in [0, 0.1) is 5.92 Å². The monoisotopic (exact) mass is 351 g/mol. The fourth-order valence-corrected chi connectivity index (χ4v) is 4.54. The Hall–Kier alpha value is -0.540. The summed E-state index contributed by atoms with van der Waals surface area (Å²) in [6, 6.07) is 6.94. The van der Waals surface area contributed by atoms with Gasteiger partial charge in [0, 0.05) is 22.5 Å². The lowest BCUT2D eigenvalue weighted by atomic mass is 9.79. The van der Waals surface area contributed by atoms with Crippen molar-refractivity contribution < 1.29 is 4.74 Å². The molecule has 0 amide bonds. The third-order valence-corrected chi connectivity index (χ3v) is 5.74. The Kier molecular flexibility index (Phi) is 4.60. The molecule has 0 saturated heterocycles. The maximum Gasteiger partial charge on any atom is 0.126 e. The van der Waals surface area contributed by atoms with Gasteiger partial charge in [0.25, 0.3) is 0 Å². The Morgan fingerprint density at radius 3 is 3.00 bits per heavy atom. The number of fused-ring (bicyclic) bond motifs is 1. The second kappa shape index (κ2) is 6.29. The Balaban J connectivity index is 1.94. The zero-order chi connectivity index (χ0) is 14.9. The maximum absolute atomic E-state index is 6.60. The summed E-state index contributed by atoms with van der Waals surface area (Å²) in [4.78, 5) is 0. The molecule has 3 heteroatoms. The van der Waals surface area contributed by atoms with E-state index in [1.165, 1.54) is 37.7 Å². The van der Waals surface area contributed by atoms with Crippen LogP contribution >= 0.6 is 15.9 Å². The minimum absolute atomic E-state index is 0.0634. The van der Waals surface area contributed by atoms with Crippen LogP contribution in [-0.4, -0.2) is 12.1 Å². The number of hydrogen-bond acceptors (Lipinski definition) is 2. The molecule has 1 aromatic carbocycles. The molecule has 0 aromatic heterocycles. The first-order chi connectivity index (χ1) is 10.2. The van der Waals surface area contributed by atoms with Crippen molar-refractivity contribution in [2.75, 3.05) is 6.54 Å². The van der Waals surface area contributed by atoms with Crippen molar-refractivity contribution in [1.29, 1.82) is 0 Å². The van der Waals surface area contributed by atoms with Gasteiger partial charge in [-0.3, -0.25) is 0 Å². The summed E-state index contributed by atoms with van der Waals surface area (Å²) < 4.78 is 7.71. The number of ether oxygens (including phenoxy) is 1. The average Bonchev–Trinajstić information content (AvgIpc) is 2.86. The largest absolute Gasteiger partial charge is 0.487 e. The minimum atomic E-state index is 0.0634. The SMILES string of the molecule is CCCNC1CC2(CCCC2CC)Oc2cc(Br)ccc21. The predicted molar refractivity (Wildman–Crippen MR) is 90.8 cm³/mol. The van der Waals surface area contributed by atoms with Gasteiger partial charge in [-0.1, -0.05) is 35.8 Å². The quantitative estimate of drug-likeness (QED) is 0.802. The van der Waals surface area contributed by atoms with Gasteiger partial charge in [-0.2, -0.15) is 0 Å². The molecule has 3 rings (SSSR count). The minimum Gasteiger partial charge on any atom is -0.487 e. The molecule has 1 aliphatic heterocycles. The van der Waals surface area contributed by atoms with Crippen molar-refractivity contribution in [2.45, 2.75) is 64.0 Å². The van der Waals surface area contributed by atoms with Crippen LogP contribution < -0.4 is 10.1 Å². The van der Waals surface area contributed by atoms with Crippen LogP contribution in [0.2, 0.25) is 0 Å². The van der Waals surface area contributed by atoms with E-state index < -0.39 is 0 Å². The van der Waals surface area contributed by atoms with Gasteiger partial charge in [0.05, 0.1) is 0 Å². The van der Waals surface area contributed by atoms with E-state index in [9.17, 15) is 0 Å². The van der Waals surface area contributed by atoms with Crippen molar-refractivity contribution in [3.63, 3.8) is 0 Å². The molecule has 3 unspecified atom stereocenters. The molecule has 1 aliphatic carbocycles. The summed E-state index contributed by atoms with van der Waals surface area (Å²) >= 11 is 3.59. The topological polar surface area (TPSA) is 21.3 Å². The van der Waals surface area contributed by atoms with Crippen molar-refractivity contribution in [2.24, 2.45) is 5.92 Å². The van der Waals surface area contributed by atoms with Crippen molar-refractivity contribution in [3.8, 4) is 5.75 Å². The lowest BCUT2D eigenvalue weighted by Gasteiger charge is -2.44. The van der Waals surface area contributed by atoms with E-state index in [0.29, 0.717) is 12.0 Å². The first-order valence-corrected chi connectivity index (χ1v) is 9.19. The van der Waals surface area contributed by atoms with Gasteiger partial charge < -0.3 is 10.1 Å². The number of benzene rings is 1.